The van der Waals surface area contributed by atoms with Gasteiger partial charge in [-0.1, -0.05) is 0 Å². The number of rotatable bonds is 1. The second-order valence-corrected chi connectivity index (χ2v) is 4.91. The highest BCUT2D eigenvalue weighted by Gasteiger charge is 2.52. The Bertz CT molecular complexity index is 485. The minimum absolute atomic E-state index is 0.00484. The van der Waals surface area contributed by atoms with E-state index in [1.165, 1.54) is 0 Å². The first-order chi connectivity index (χ1) is 8.44. The van der Waals surface area contributed by atoms with Crippen molar-refractivity contribution < 1.29 is 17.8 Å². The molecule has 0 saturated carbocycles. The van der Waals surface area contributed by atoms with Crippen LogP contribution in [0.4, 0.5) is 4.39 Å². The molecule has 4 nitrogen and oxygen atoms in total. The van der Waals surface area contributed by atoms with Crippen LogP contribution in [0.1, 0.15) is 31.8 Å². The summed E-state index contributed by atoms with van der Waals surface area (Å²) in [6, 6.07) is 0. The Labute approximate surface area is 99.1 Å². The van der Waals surface area contributed by atoms with E-state index in [1.54, 1.807) is 0 Å². The van der Waals surface area contributed by atoms with Gasteiger partial charge in [0.1, 0.15) is 0 Å². The average molecular weight is 229 g/mol. The molecule has 0 unspecified atom stereocenters. The van der Waals surface area contributed by atoms with Crippen molar-refractivity contribution >= 4 is 12.6 Å². The molecule has 0 N–H and O–H groups in total. The van der Waals surface area contributed by atoms with Crippen LogP contribution in [0.5, 0.6) is 0 Å². The van der Waals surface area contributed by atoms with Crippen molar-refractivity contribution in [3.05, 3.63) is 12.1 Å². The van der Waals surface area contributed by atoms with Gasteiger partial charge in [0.15, 0.2) is 0 Å². The van der Waals surface area contributed by atoms with Crippen molar-refractivity contribution in [2.75, 3.05) is 0 Å². The highest BCUT2D eigenvalue weighted by Crippen LogP contribution is 2.36. The predicted molar refractivity (Wildman–Crippen MR) is 58.9 cm³/mol. The van der Waals surface area contributed by atoms with E-state index in [2.05, 4.69) is 5.10 Å². The van der Waals surface area contributed by atoms with Crippen LogP contribution in [-0.2, 0) is 16.3 Å². The third kappa shape index (κ3) is 1.66. The molecule has 0 radical (unpaired) electrons. The van der Waals surface area contributed by atoms with Crippen LogP contribution in [-0.4, -0.2) is 28.1 Å². The van der Waals surface area contributed by atoms with E-state index in [0.717, 1.165) is 6.20 Å². The van der Waals surface area contributed by atoms with Gasteiger partial charge in [0.05, 0.1) is 16.7 Å². The molecule has 0 bridgehead atoms. The van der Waals surface area contributed by atoms with E-state index >= 15 is 0 Å². The van der Waals surface area contributed by atoms with Crippen LogP contribution < -0.4 is 5.46 Å². The fourth-order valence-corrected chi connectivity index (χ4v) is 1.49. The first-order valence-electron chi connectivity index (χ1n) is 6.55. The van der Waals surface area contributed by atoms with Crippen molar-refractivity contribution in [2.45, 2.75) is 38.9 Å². The first-order valence-corrected chi connectivity index (χ1v) is 5.05. The van der Waals surface area contributed by atoms with Crippen LogP contribution in [0.15, 0.2) is 6.20 Å². The molecule has 1 aliphatic heterocycles. The van der Waals surface area contributed by atoms with Gasteiger partial charge in [-0.05, 0) is 27.7 Å². The SMILES string of the molecule is [2H]C([2H])([2H])n1cc(B2OC(C)(C)C(C)(C)O2)c(F)n1. The number of hydrogen-bond acceptors (Lipinski definition) is 3. The lowest BCUT2D eigenvalue weighted by atomic mass is 9.81. The van der Waals surface area contributed by atoms with Crippen LogP contribution in [0.25, 0.3) is 0 Å². The van der Waals surface area contributed by atoms with Crippen LogP contribution >= 0.6 is 0 Å². The zero-order valence-corrected chi connectivity index (χ0v) is 9.74. The third-order valence-electron chi connectivity index (χ3n) is 3.20. The van der Waals surface area contributed by atoms with E-state index in [4.69, 9.17) is 13.4 Å². The molecule has 6 heteroatoms. The summed E-state index contributed by atoms with van der Waals surface area (Å²) in [7, 11) is -0.957. The molecule has 0 aliphatic carbocycles. The Kier molecular flexibility index (Phi) is 1.71. The molecule has 1 aromatic rings. The summed E-state index contributed by atoms with van der Waals surface area (Å²) >= 11 is 0. The molecule has 0 amide bonds. The molecule has 88 valence electrons. The van der Waals surface area contributed by atoms with E-state index in [-0.39, 0.29) is 5.46 Å². The number of aromatic nitrogens is 2. The Morgan fingerprint density at radius 3 is 2.38 bits per heavy atom. The van der Waals surface area contributed by atoms with Gasteiger partial charge in [0, 0.05) is 17.3 Å². The van der Waals surface area contributed by atoms with Crippen LogP contribution in [0.2, 0.25) is 0 Å². The fraction of sp³-hybridized carbons (Fsp3) is 0.700. The van der Waals surface area contributed by atoms with Crippen molar-refractivity contribution in [3.63, 3.8) is 0 Å². The maximum absolute atomic E-state index is 13.8. The molecule has 0 spiro atoms. The van der Waals surface area contributed by atoms with Crippen LogP contribution in [0.3, 0.4) is 0 Å². The summed E-state index contributed by atoms with van der Waals surface area (Å²) in [6.07, 6.45) is 1.10. The van der Waals surface area contributed by atoms with Gasteiger partial charge in [-0.15, -0.1) is 5.10 Å². The lowest BCUT2D eigenvalue weighted by molar-refractivity contribution is 0.00578. The highest BCUT2D eigenvalue weighted by atomic mass is 19.1. The maximum Gasteiger partial charge on any atom is 0.501 e. The second kappa shape index (κ2) is 3.31. The zero-order chi connectivity index (χ0) is 14.6. The zero-order valence-electron chi connectivity index (χ0n) is 12.7. The molecule has 0 atom stereocenters. The summed E-state index contributed by atoms with van der Waals surface area (Å²) in [6.45, 7) is 4.80. The number of aryl methyl sites for hydroxylation is 1. The van der Waals surface area contributed by atoms with E-state index in [9.17, 15) is 4.39 Å². The molecular formula is C10H16BFN2O2. The molecule has 1 aliphatic rings. The monoisotopic (exact) mass is 229 g/mol. The summed E-state index contributed by atoms with van der Waals surface area (Å²) < 4.78 is 47.3. The standard InChI is InChI=1S/C10H16BFN2O2/c1-9(2)10(3,4)16-11(15-9)7-6-14(5)13-8(7)12/h6H,1-5H3/i5D3. The minimum atomic E-state index is -2.53. The molecule has 16 heavy (non-hydrogen) atoms. The van der Waals surface area contributed by atoms with Crippen LogP contribution in [0, 0.1) is 5.95 Å². The van der Waals surface area contributed by atoms with E-state index < -0.39 is 31.2 Å². The number of nitrogens with zero attached hydrogens (tertiary/aromatic N) is 2. The number of hydrogen-bond donors (Lipinski definition) is 0. The second-order valence-electron chi connectivity index (χ2n) is 4.91. The summed E-state index contributed by atoms with van der Waals surface area (Å²) in [4.78, 5) is 0. The first kappa shape index (κ1) is 8.25. The Hall–Kier alpha value is -0.875. The third-order valence-corrected chi connectivity index (χ3v) is 3.20. The normalized spacial score (nSPS) is 26.3. The largest absolute Gasteiger partial charge is 0.501 e. The van der Waals surface area contributed by atoms with Crippen molar-refractivity contribution in [1.29, 1.82) is 0 Å². The predicted octanol–water partition coefficient (Wildman–Crippen LogP) is 0.858. The van der Waals surface area contributed by atoms with Gasteiger partial charge in [0.2, 0.25) is 5.95 Å². The highest BCUT2D eigenvalue weighted by molar-refractivity contribution is 6.62. The molecule has 1 aromatic heterocycles. The summed E-state index contributed by atoms with van der Waals surface area (Å²) in [5, 5.41) is 3.35. The summed E-state index contributed by atoms with van der Waals surface area (Å²) in [5.41, 5.74) is -1.24. The molecular weight excluding hydrogens is 210 g/mol. The lowest BCUT2D eigenvalue weighted by Gasteiger charge is -2.32. The molecule has 2 heterocycles. The smallest absolute Gasteiger partial charge is 0.399 e. The summed E-state index contributed by atoms with van der Waals surface area (Å²) in [5.74, 6) is -0.894. The molecule has 1 saturated heterocycles. The van der Waals surface area contributed by atoms with E-state index in [1.807, 2.05) is 27.7 Å². The van der Waals surface area contributed by atoms with Gasteiger partial charge >= 0.3 is 7.12 Å². The average Bonchev–Trinajstić information content (AvgIpc) is 2.65. The number of halogens is 1. The van der Waals surface area contributed by atoms with Crippen molar-refractivity contribution in [2.24, 2.45) is 6.98 Å². The van der Waals surface area contributed by atoms with Gasteiger partial charge in [-0.2, -0.15) is 4.39 Å². The minimum Gasteiger partial charge on any atom is -0.399 e. The van der Waals surface area contributed by atoms with Crippen molar-refractivity contribution in [3.8, 4) is 0 Å². The molecule has 0 aromatic carbocycles. The molecule has 1 fully saturated rings. The van der Waals surface area contributed by atoms with Gasteiger partial charge in [0.25, 0.3) is 0 Å². The van der Waals surface area contributed by atoms with Gasteiger partial charge in [-0.3, -0.25) is 4.68 Å². The van der Waals surface area contributed by atoms with E-state index in [0.29, 0.717) is 4.68 Å². The Morgan fingerprint density at radius 2 is 1.94 bits per heavy atom. The molecule has 2 rings (SSSR count). The lowest BCUT2D eigenvalue weighted by Crippen LogP contribution is -2.41. The van der Waals surface area contributed by atoms with Crippen molar-refractivity contribution in [1.82, 2.24) is 9.78 Å². The quantitative estimate of drug-likeness (QED) is 0.670. The maximum atomic E-state index is 13.8. The Morgan fingerprint density at radius 1 is 1.38 bits per heavy atom. The Balaban J connectivity index is 2.33. The topological polar surface area (TPSA) is 36.3 Å². The fourth-order valence-electron chi connectivity index (χ4n) is 1.49. The van der Waals surface area contributed by atoms with Gasteiger partial charge < -0.3 is 9.31 Å². The van der Waals surface area contributed by atoms with Gasteiger partial charge in [-0.25, -0.2) is 0 Å².